The summed E-state index contributed by atoms with van der Waals surface area (Å²) in [6.45, 7) is 11.1. The zero-order valence-electron chi connectivity index (χ0n) is 21.7. The maximum atomic E-state index is 12.4. The van der Waals surface area contributed by atoms with E-state index >= 15 is 0 Å². The van der Waals surface area contributed by atoms with Gasteiger partial charge in [-0.3, -0.25) is 4.79 Å². The molecule has 1 aliphatic heterocycles. The Kier molecular flexibility index (Phi) is 21.0. The van der Waals surface area contributed by atoms with Gasteiger partial charge in [-0.1, -0.05) is 116 Å². The summed E-state index contributed by atoms with van der Waals surface area (Å²) < 4.78 is 1.03. The number of piperazine rings is 1. The maximum Gasteiger partial charge on any atom is 0.222 e. The van der Waals surface area contributed by atoms with Gasteiger partial charge in [-0.25, -0.2) is 0 Å². The Morgan fingerprint density at radius 1 is 0.750 bits per heavy atom. The first-order valence-corrected chi connectivity index (χ1v) is 13.8. The second kappa shape index (κ2) is 21.2. The van der Waals surface area contributed by atoms with Gasteiger partial charge in [0.15, 0.2) is 0 Å². The number of halogens is 1. The summed E-state index contributed by atoms with van der Waals surface area (Å²) in [6, 6.07) is 0. The van der Waals surface area contributed by atoms with Crippen LogP contribution in [0.15, 0.2) is 12.7 Å². The van der Waals surface area contributed by atoms with Gasteiger partial charge in [-0.05, 0) is 12.5 Å². The molecule has 0 unspecified atom stereocenters. The normalized spacial score (nSPS) is 15.4. The summed E-state index contributed by atoms with van der Waals surface area (Å²) in [4.78, 5) is 14.5. The Morgan fingerprint density at radius 2 is 1.12 bits per heavy atom. The molecular weight excluding hydrogens is 460 g/mol. The third kappa shape index (κ3) is 16.3. The van der Waals surface area contributed by atoms with E-state index < -0.39 is 0 Å². The molecule has 0 aromatic heterocycles. The largest absolute Gasteiger partial charge is 1.00 e. The molecule has 0 aromatic carbocycles. The quantitative estimate of drug-likeness (QED) is 0.133. The Bertz CT molecular complexity index is 447. The van der Waals surface area contributed by atoms with Gasteiger partial charge < -0.3 is 26.4 Å². The lowest BCUT2D eigenvalue weighted by Gasteiger charge is -2.41. The molecule has 0 N–H and O–H groups in total. The van der Waals surface area contributed by atoms with Crippen LogP contribution in [0.3, 0.4) is 0 Å². The molecule has 1 amide bonds. The molecule has 1 saturated heterocycles. The Balaban J connectivity index is 0.00000961. The predicted molar refractivity (Wildman–Crippen MR) is 136 cm³/mol. The lowest BCUT2D eigenvalue weighted by Crippen LogP contribution is -3.00. The maximum absolute atomic E-state index is 12.4. The van der Waals surface area contributed by atoms with E-state index in [0.717, 1.165) is 50.0 Å². The molecule has 0 aliphatic carbocycles. The fourth-order valence-electron chi connectivity index (χ4n) is 4.85. The van der Waals surface area contributed by atoms with E-state index in [-0.39, 0.29) is 17.0 Å². The minimum atomic E-state index is 0. The van der Waals surface area contributed by atoms with Gasteiger partial charge in [0, 0.05) is 6.42 Å². The van der Waals surface area contributed by atoms with Crippen molar-refractivity contribution >= 4 is 5.91 Å². The molecule has 0 spiro atoms. The average Bonchev–Trinajstić information content (AvgIpc) is 2.76. The molecule has 0 saturated carbocycles. The van der Waals surface area contributed by atoms with Crippen LogP contribution in [0, 0.1) is 0 Å². The molecule has 0 bridgehead atoms. The minimum absolute atomic E-state index is 0. The number of carbonyl (C=O) groups is 1. The molecule has 1 fully saturated rings. The topological polar surface area (TPSA) is 20.3 Å². The zero-order valence-corrected chi connectivity index (χ0v) is 23.3. The van der Waals surface area contributed by atoms with Crippen molar-refractivity contribution in [2.75, 3.05) is 39.8 Å². The molecule has 3 nitrogen and oxygen atoms in total. The molecule has 0 radical (unpaired) electrons. The van der Waals surface area contributed by atoms with Gasteiger partial charge in [-0.15, -0.1) is 0 Å². The van der Waals surface area contributed by atoms with Gasteiger partial charge in [0.25, 0.3) is 0 Å². The van der Waals surface area contributed by atoms with Crippen molar-refractivity contribution in [3.8, 4) is 0 Å². The first-order chi connectivity index (χ1) is 15.1. The van der Waals surface area contributed by atoms with Crippen molar-refractivity contribution in [2.45, 2.75) is 122 Å². The number of nitrogens with zero attached hydrogens (tertiary/aromatic N) is 2. The Hall–Kier alpha value is -0.350. The van der Waals surface area contributed by atoms with Crippen LogP contribution in [-0.2, 0) is 4.79 Å². The lowest BCUT2D eigenvalue weighted by atomic mass is 10.0. The summed E-state index contributed by atoms with van der Waals surface area (Å²) in [6.07, 6.45) is 26.3. The van der Waals surface area contributed by atoms with Crippen LogP contribution in [0.1, 0.15) is 122 Å². The van der Waals surface area contributed by atoms with Crippen LogP contribution in [-0.4, -0.2) is 55.1 Å². The first kappa shape index (κ1) is 31.6. The van der Waals surface area contributed by atoms with Crippen LogP contribution < -0.4 is 17.0 Å². The van der Waals surface area contributed by atoms with Crippen molar-refractivity contribution < 1.29 is 26.3 Å². The zero-order chi connectivity index (χ0) is 22.6. The second-order valence-corrected chi connectivity index (χ2v) is 10.3. The molecule has 0 aromatic rings. The summed E-state index contributed by atoms with van der Waals surface area (Å²) in [5, 5.41) is 0. The van der Waals surface area contributed by atoms with Gasteiger partial charge in [-0.2, -0.15) is 0 Å². The highest BCUT2D eigenvalue weighted by Gasteiger charge is 2.29. The number of quaternary nitrogens is 1. The Morgan fingerprint density at radius 3 is 1.50 bits per heavy atom. The molecule has 4 heteroatoms. The van der Waals surface area contributed by atoms with Crippen molar-refractivity contribution in [2.24, 2.45) is 0 Å². The van der Waals surface area contributed by atoms with E-state index in [1.54, 1.807) is 0 Å². The number of carbonyl (C=O) groups excluding carboxylic acids is 1. The highest BCUT2D eigenvalue weighted by atomic mass is 79.9. The molecule has 32 heavy (non-hydrogen) atoms. The van der Waals surface area contributed by atoms with E-state index in [2.05, 4.69) is 25.5 Å². The molecule has 1 heterocycles. The van der Waals surface area contributed by atoms with Crippen molar-refractivity contribution in [3.05, 3.63) is 12.7 Å². The third-order valence-electron chi connectivity index (χ3n) is 7.24. The van der Waals surface area contributed by atoms with Crippen molar-refractivity contribution in [1.29, 1.82) is 0 Å². The van der Waals surface area contributed by atoms with Crippen LogP contribution in [0.4, 0.5) is 0 Å². The second-order valence-electron chi connectivity index (χ2n) is 10.3. The summed E-state index contributed by atoms with van der Waals surface area (Å²) >= 11 is 0. The fraction of sp³-hybridized carbons (Fsp3) is 0.893. The van der Waals surface area contributed by atoms with E-state index in [1.807, 2.05) is 6.08 Å². The van der Waals surface area contributed by atoms with E-state index in [9.17, 15) is 4.79 Å². The van der Waals surface area contributed by atoms with Gasteiger partial charge in [0.2, 0.25) is 5.91 Å². The standard InChI is InChI=1S/C28H55N2O.BrH/c1-4-6-7-8-9-10-11-12-13-14-15-16-17-18-19-20-21-22-28(31)29-23-26-30(3,25-5-2)27-24-29;/h5H,2,4,6-27H2,1,3H3;1H/q+1;/p-1. The third-order valence-corrected chi connectivity index (χ3v) is 7.24. The fourth-order valence-corrected chi connectivity index (χ4v) is 4.85. The first-order valence-electron chi connectivity index (χ1n) is 13.8. The van der Waals surface area contributed by atoms with Crippen LogP contribution in [0.5, 0.6) is 0 Å². The highest BCUT2D eigenvalue weighted by molar-refractivity contribution is 5.76. The summed E-state index contributed by atoms with van der Waals surface area (Å²) in [5.41, 5.74) is 0. The Labute approximate surface area is 211 Å². The molecule has 0 atom stereocenters. The summed E-state index contributed by atoms with van der Waals surface area (Å²) in [5.74, 6) is 0.380. The van der Waals surface area contributed by atoms with Crippen LogP contribution >= 0.6 is 0 Å². The predicted octanol–water partition coefficient (Wildman–Crippen LogP) is 4.51. The molecule has 1 rings (SSSR count). The lowest BCUT2D eigenvalue weighted by molar-refractivity contribution is -0.907. The molecule has 1 aliphatic rings. The van der Waals surface area contributed by atoms with Gasteiger partial charge in [0.05, 0.1) is 39.8 Å². The van der Waals surface area contributed by atoms with E-state index in [1.165, 1.54) is 103 Å². The number of hydrogen-bond donors (Lipinski definition) is 0. The number of hydrogen-bond acceptors (Lipinski definition) is 1. The van der Waals surface area contributed by atoms with Crippen molar-refractivity contribution in [1.82, 2.24) is 4.90 Å². The number of unbranched alkanes of at least 4 members (excludes halogenated alkanes) is 16. The van der Waals surface area contributed by atoms with Gasteiger partial charge in [0.1, 0.15) is 0 Å². The smallest absolute Gasteiger partial charge is 0.222 e. The molecule has 190 valence electrons. The number of amides is 1. The van der Waals surface area contributed by atoms with Crippen LogP contribution in [0.2, 0.25) is 0 Å². The van der Waals surface area contributed by atoms with E-state index in [0.29, 0.717) is 5.91 Å². The van der Waals surface area contributed by atoms with E-state index in [4.69, 9.17) is 0 Å². The summed E-state index contributed by atoms with van der Waals surface area (Å²) in [7, 11) is 2.28. The number of likely N-dealkylation sites (N-methyl/N-ethyl adjacent to an activating group) is 1. The van der Waals surface area contributed by atoms with Gasteiger partial charge >= 0.3 is 0 Å². The average molecular weight is 516 g/mol. The minimum Gasteiger partial charge on any atom is -1.00 e. The highest BCUT2D eigenvalue weighted by Crippen LogP contribution is 2.15. The van der Waals surface area contributed by atoms with Crippen molar-refractivity contribution in [3.63, 3.8) is 0 Å². The molecular formula is C28H55BrN2O. The monoisotopic (exact) mass is 514 g/mol. The number of rotatable bonds is 20. The SMILES string of the molecule is C=CC[N+]1(C)CCN(C(=O)CCCCCCCCCCCCCCCCCCC)CC1.[Br-]. The van der Waals surface area contributed by atoms with Crippen LogP contribution in [0.25, 0.3) is 0 Å².